The van der Waals surface area contributed by atoms with Gasteiger partial charge in [-0.25, -0.2) is 17.1 Å². The van der Waals surface area contributed by atoms with Crippen molar-refractivity contribution >= 4 is 27.7 Å². The number of likely N-dealkylation sites (N-methyl/N-ethyl adjacent to an activating group) is 1. The monoisotopic (exact) mass is 447 g/mol. The molecule has 0 aliphatic carbocycles. The average Bonchev–Trinajstić information content (AvgIpc) is 2.93. The molecule has 1 heterocycles. The van der Waals surface area contributed by atoms with Crippen molar-refractivity contribution < 1.29 is 27.2 Å². The summed E-state index contributed by atoms with van der Waals surface area (Å²) in [5, 5.41) is 2.59. The molecule has 164 valence electrons. The van der Waals surface area contributed by atoms with Crippen LogP contribution in [-0.4, -0.2) is 54.5 Å². The number of sulfonamides is 1. The normalized spacial score (nSPS) is 15.3. The smallest absolute Gasteiger partial charge is 0.269 e. The zero-order chi connectivity index (χ0) is 22.8. The molecule has 2 aromatic carbocycles. The molecule has 1 unspecified atom stereocenters. The van der Waals surface area contributed by atoms with Crippen molar-refractivity contribution in [2.75, 3.05) is 13.1 Å². The van der Waals surface area contributed by atoms with Gasteiger partial charge in [0.05, 0.1) is 5.56 Å². The third-order valence-electron chi connectivity index (χ3n) is 5.01. The van der Waals surface area contributed by atoms with E-state index in [1.165, 1.54) is 49.4 Å². The van der Waals surface area contributed by atoms with Crippen molar-refractivity contribution in [1.82, 2.24) is 14.5 Å². The van der Waals surface area contributed by atoms with Gasteiger partial charge in [-0.05, 0) is 32.0 Å². The van der Waals surface area contributed by atoms with Gasteiger partial charge in [0.25, 0.3) is 15.9 Å². The Hall–Kier alpha value is -3.27. The molecule has 1 N–H and O–H groups in total. The summed E-state index contributed by atoms with van der Waals surface area (Å²) in [4.78, 5) is 39.0. The Bertz CT molecular complexity index is 1140. The Morgan fingerprint density at radius 3 is 2.42 bits per heavy atom. The largest absolute Gasteiger partial charge is 0.355 e. The van der Waals surface area contributed by atoms with Crippen molar-refractivity contribution in [2.45, 2.75) is 31.3 Å². The summed E-state index contributed by atoms with van der Waals surface area (Å²) in [6.07, 6.45) is 0. The van der Waals surface area contributed by atoms with E-state index in [-0.39, 0.29) is 22.6 Å². The Kier molecular flexibility index (Phi) is 6.40. The highest BCUT2D eigenvalue weighted by molar-refractivity contribution is 7.90. The number of halogens is 1. The molecule has 0 bridgehead atoms. The third-order valence-corrected chi connectivity index (χ3v) is 6.79. The van der Waals surface area contributed by atoms with Gasteiger partial charge in [-0.1, -0.05) is 30.3 Å². The van der Waals surface area contributed by atoms with Crippen molar-refractivity contribution in [1.29, 1.82) is 0 Å². The molecule has 3 amide bonds. The minimum absolute atomic E-state index is 0.0206. The fourth-order valence-corrected chi connectivity index (χ4v) is 4.83. The van der Waals surface area contributed by atoms with Crippen LogP contribution in [0.3, 0.4) is 0 Å². The molecule has 31 heavy (non-hydrogen) atoms. The molecule has 10 heteroatoms. The van der Waals surface area contributed by atoms with E-state index in [2.05, 4.69) is 5.32 Å². The molecule has 1 aliphatic heterocycles. The van der Waals surface area contributed by atoms with Gasteiger partial charge in [-0.3, -0.25) is 14.4 Å². The Morgan fingerprint density at radius 1 is 1.13 bits per heavy atom. The summed E-state index contributed by atoms with van der Waals surface area (Å²) < 4.78 is 40.2. The second kappa shape index (κ2) is 8.84. The minimum Gasteiger partial charge on any atom is -0.355 e. The number of hydrogen-bond acceptors (Lipinski definition) is 5. The first-order valence-electron chi connectivity index (χ1n) is 9.65. The first kappa shape index (κ1) is 22.4. The fourth-order valence-electron chi connectivity index (χ4n) is 3.32. The van der Waals surface area contributed by atoms with E-state index in [9.17, 15) is 27.2 Å². The number of amides is 3. The van der Waals surface area contributed by atoms with Crippen LogP contribution < -0.4 is 5.32 Å². The highest BCUT2D eigenvalue weighted by atomic mass is 32.2. The summed E-state index contributed by atoms with van der Waals surface area (Å²) in [6.45, 7) is 2.42. The molecule has 0 spiro atoms. The lowest BCUT2D eigenvalue weighted by molar-refractivity contribution is -0.140. The molecule has 1 atom stereocenters. The van der Waals surface area contributed by atoms with E-state index >= 15 is 0 Å². The van der Waals surface area contributed by atoms with Crippen LogP contribution in [0.15, 0.2) is 53.4 Å². The summed E-state index contributed by atoms with van der Waals surface area (Å²) in [7, 11) is -4.20. The number of rotatable bonds is 7. The maximum absolute atomic E-state index is 14.2. The lowest BCUT2D eigenvalue weighted by Crippen LogP contribution is -2.51. The van der Waals surface area contributed by atoms with Gasteiger partial charge in [0.15, 0.2) is 0 Å². The zero-order valence-electron chi connectivity index (χ0n) is 17.0. The number of nitrogens with zero attached hydrogens (tertiary/aromatic N) is 2. The third kappa shape index (κ3) is 4.29. The molecular formula is C21H22FN3O5S. The summed E-state index contributed by atoms with van der Waals surface area (Å²) in [5.41, 5.74) is 0.138. The van der Waals surface area contributed by atoms with E-state index in [0.717, 1.165) is 4.90 Å². The van der Waals surface area contributed by atoms with Crippen LogP contribution in [0.2, 0.25) is 0 Å². The average molecular weight is 447 g/mol. The number of carbonyl (C=O) groups is 3. The van der Waals surface area contributed by atoms with Crippen LogP contribution in [-0.2, 0) is 26.2 Å². The molecular weight excluding hydrogens is 425 g/mol. The van der Waals surface area contributed by atoms with Gasteiger partial charge in [0.1, 0.15) is 23.3 Å². The summed E-state index contributed by atoms with van der Waals surface area (Å²) in [5.74, 6) is -2.67. The number of hydrogen-bond donors (Lipinski definition) is 1. The van der Waals surface area contributed by atoms with E-state index in [1.54, 1.807) is 13.0 Å². The lowest BCUT2D eigenvalue weighted by atomic mass is 10.1. The lowest BCUT2D eigenvalue weighted by Gasteiger charge is -2.30. The molecule has 0 saturated carbocycles. The standard InChI is InChI=1S/C21H22FN3O5S/c1-3-23-20(27)14(2)24(12-15-8-4-6-10-17(15)22)19(26)13-25-21(28)16-9-5-7-11-18(16)31(25,29)30/h4-11,14H,3,12-13H2,1-2H3,(H,23,27). The topological polar surface area (TPSA) is 104 Å². The first-order valence-corrected chi connectivity index (χ1v) is 11.1. The van der Waals surface area contributed by atoms with Crippen LogP contribution in [0.25, 0.3) is 0 Å². The minimum atomic E-state index is -4.20. The molecule has 3 rings (SSSR count). The van der Waals surface area contributed by atoms with E-state index in [4.69, 9.17) is 0 Å². The van der Waals surface area contributed by atoms with Crippen molar-refractivity contribution in [3.8, 4) is 0 Å². The van der Waals surface area contributed by atoms with Crippen molar-refractivity contribution in [3.05, 3.63) is 65.5 Å². The maximum atomic E-state index is 14.2. The molecule has 1 aliphatic rings. The molecule has 0 fully saturated rings. The second-order valence-corrected chi connectivity index (χ2v) is 8.83. The Balaban J connectivity index is 1.91. The number of benzene rings is 2. The fraction of sp³-hybridized carbons (Fsp3) is 0.286. The Morgan fingerprint density at radius 2 is 1.77 bits per heavy atom. The SMILES string of the molecule is CCNC(=O)C(C)N(Cc1ccccc1F)C(=O)CN1C(=O)c2ccccc2S1(=O)=O. The second-order valence-electron chi connectivity index (χ2n) is 7.00. The van der Waals surface area contributed by atoms with E-state index < -0.39 is 46.1 Å². The summed E-state index contributed by atoms with van der Waals surface area (Å²) in [6, 6.07) is 10.4. The van der Waals surface area contributed by atoms with Crippen LogP contribution >= 0.6 is 0 Å². The predicted octanol–water partition coefficient (Wildman–Crippen LogP) is 1.52. The molecule has 2 aromatic rings. The highest BCUT2D eigenvalue weighted by Crippen LogP contribution is 2.30. The number of nitrogens with one attached hydrogen (secondary N) is 1. The van der Waals surface area contributed by atoms with Gasteiger partial charge in [0.2, 0.25) is 11.8 Å². The first-order chi connectivity index (χ1) is 14.7. The highest BCUT2D eigenvalue weighted by Gasteiger charge is 2.43. The van der Waals surface area contributed by atoms with Crippen molar-refractivity contribution in [3.63, 3.8) is 0 Å². The van der Waals surface area contributed by atoms with Gasteiger partial charge in [-0.15, -0.1) is 0 Å². The predicted molar refractivity (Wildman–Crippen MR) is 110 cm³/mol. The number of fused-ring (bicyclic) bond motifs is 1. The Labute approximate surface area is 179 Å². The van der Waals surface area contributed by atoms with E-state index in [1.807, 2.05) is 0 Å². The van der Waals surface area contributed by atoms with Crippen LogP contribution in [0.4, 0.5) is 4.39 Å². The number of carbonyl (C=O) groups excluding carboxylic acids is 3. The molecule has 8 nitrogen and oxygen atoms in total. The van der Waals surface area contributed by atoms with Gasteiger partial charge >= 0.3 is 0 Å². The molecule has 0 aromatic heterocycles. The van der Waals surface area contributed by atoms with Crippen molar-refractivity contribution in [2.24, 2.45) is 0 Å². The zero-order valence-corrected chi connectivity index (χ0v) is 17.9. The van der Waals surface area contributed by atoms with Crippen LogP contribution in [0.5, 0.6) is 0 Å². The molecule has 0 radical (unpaired) electrons. The van der Waals surface area contributed by atoms with E-state index in [0.29, 0.717) is 10.8 Å². The molecule has 0 saturated heterocycles. The van der Waals surface area contributed by atoms with Crippen LogP contribution in [0, 0.1) is 5.82 Å². The summed E-state index contributed by atoms with van der Waals surface area (Å²) >= 11 is 0. The maximum Gasteiger partial charge on any atom is 0.269 e. The van der Waals surface area contributed by atoms with Gasteiger partial charge < -0.3 is 10.2 Å². The van der Waals surface area contributed by atoms with Gasteiger partial charge in [-0.2, -0.15) is 0 Å². The van der Waals surface area contributed by atoms with Crippen LogP contribution in [0.1, 0.15) is 29.8 Å². The van der Waals surface area contributed by atoms with Gasteiger partial charge in [0, 0.05) is 18.7 Å². The quantitative estimate of drug-likeness (QED) is 0.693.